The number of hydrogen-bond donors (Lipinski definition) is 2. The van der Waals surface area contributed by atoms with Gasteiger partial charge in [-0.05, 0) is 36.9 Å². The highest BCUT2D eigenvalue weighted by atomic mass is 32.2. The molecular formula is C20H20N2O3S3. The predicted octanol–water partition coefficient (Wildman–Crippen LogP) is 3.81. The molecule has 2 N–H and O–H groups in total. The van der Waals surface area contributed by atoms with Crippen LogP contribution in [-0.4, -0.2) is 21.4 Å². The number of rotatable bonds is 8. The maximum Gasteiger partial charge on any atom is 0.249 e. The van der Waals surface area contributed by atoms with E-state index >= 15 is 0 Å². The van der Waals surface area contributed by atoms with Gasteiger partial charge in [0, 0.05) is 9.77 Å². The van der Waals surface area contributed by atoms with E-state index in [-0.39, 0.29) is 16.7 Å². The Kier molecular flexibility index (Phi) is 6.90. The second kappa shape index (κ2) is 9.38. The van der Waals surface area contributed by atoms with Crippen molar-refractivity contribution in [3.8, 4) is 0 Å². The lowest BCUT2D eigenvalue weighted by Crippen LogP contribution is -2.27. The molecule has 0 saturated heterocycles. The van der Waals surface area contributed by atoms with Gasteiger partial charge in [0.2, 0.25) is 15.9 Å². The van der Waals surface area contributed by atoms with Crippen molar-refractivity contribution in [3.05, 3.63) is 83.2 Å². The smallest absolute Gasteiger partial charge is 0.249 e. The SMILES string of the molecule is CNS(=O)(=O)c1ccc(CNC(=O)C(Sc2ccccc2)c2ccccc2)s1. The van der Waals surface area contributed by atoms with Crippen LogP contribution >= 0.6 is 23.1 Å². The fraction of sp³-hybridized carbons (Fsp3) is 0.150. The van der Waals surface area contributed by atoms with E-state index in [2.05, 4.69) is 10.0 Å². The van der Waals surface area contributed by atoms with Gasteiger partial charge in [0.1, 0.15) is 9.46 Å². The Bertz CT molecular complexity index is 1020. The highest BCUT2D eigenvalue weighted by molar-refractivity contribution is 8.00. The molecule has 0 bridgehead atoms. The van der Waals surface area contributed by atoms with Crippen molar-refractivity contribution in [2.75, 3.05) is 7.05 Å². The largest absolute Gasteiger partial charge is 0.350 e. The number of thiophene rings is 1. The Hall–Kier alpha value is -2.13. The lowest BCUT2D eigenvalue weighted by Gasteiger charge is -2.17. The lowest BCUT2D eigenvalue weighted by molar-refractivity contribution is -0.120. The summed E-state index contributed by atoms with van der Waals surface area (Å²) in [5.74, 6) is -0.119. The van der Waals surface area contributed by atoms with Crippen LogP contribution in [0.1, 0.15) is 15.7 Å². The van der Waals surface area contributed by atoms with Crippen molar-refractivity contribution in [2.24, 2.45) is 0 Å². The van der Waals surface area contributed by atoms with Gasteiger partial charge in [-0.25, -0.2) is 13.1 Å². The molecule has 28 heavy (non-hydrogen) atoms. The van der Waals surface area contributed by atoms with Gasteiger partial charge in [-0.3, -0.25) is 4.79 Å². The normalized spacial score (nSPS) is 12.5. The van der Waals surface area contributed by atoms with E-state index in [1.54, 1.807) is 12.1 Å². The van der Waals surface area contributed by atoms with Crippen molar-refractivity contribution >= 4 is 39.0 Å². The van der Waals surface area contributed by atoms with Gasteiger partial charge >= 0.3 is 0 Å². The molecule has 3 aromatic rings. The molecule has 1 unspecified atom stereocenters. The molecule has 5 nitrogen and oxygen atoms in total. The molecule has 3 rings (SSSR count). The van der Waals surface area contributed by atoms with Gasteiger partial charge in [0.25, 0.3) is 0 Å². The summed E-state index contributed by atoms with van der Waals surface area (Å²) in [6.45, 7) is 0.279. The van der Waals surface area contributed by atoms with Crippen LogP contribution in [-0.2, 0) is 21.4 Å². The lowest BCUT2D eigenvalue weighted by atomic mass is 10.1. The number of amides is 1. The molecular weight excluding hydrogens is 412 g/mol. The molecule has 0 aliphatic carbocycles. The molecule has 2 aromatic carbocycles. The molecule has 1 aromatic heterocycles. The molecule has 0 aliphatic rings. The molecule has 0 radical (unpaired) electrons. The molecule has 8 heteroatoms. The van der Waals surface area contributed by atoms with Gasteiger partial charge in [-0.2, -0.15) is 0 Å². The van der Waals surface area contributed by atoms with Crippen LogP contribution in [0.15, 0.2) is 81.9 Å². The molecule has 146 valence electrons. The fourth-order valence-electron chi connectivity index (χ4n) is 2.50. The third-order valence-corrected chi connectivity index (χ3v) is 8.20. The summed E-state index contributed by atoms with van der Waals surface area (Å²) >= 11 is 2.63. The monoisotopic (exact) mass is 432 g/mol. The van der Waals surface area contributed by atoms with Crippen molar-refractivity contribution in [1.82, 2.24) is 10.0 Å². The number of thioether (sulfide) groups is 1. The van der Waals surface area contributed by atoms with Crippen LogP contribution in [0.3, 0.4) is 0 Å². The number of nitrogens with one attached hydrogen (secondary N) is 2. The third kappa shape index (κ3) is 5.23. The van der Waals surface area contributed by atoms with E-state index in [0.29, 0.717) is 0 Å². The Balaban J connectivity index is 1.73. The van der Waals surface area contributed by atoms with Crippen LogP contribution in [0.25, 0.3) is 0 Å². The van der Waals surface area contributed by atoms with Crippen molar-refractivity contribution < 1.29 is 13.2 Å². The molecule has 0 spiro atoms. The zero-order valence-electron chi connectivity index (χ0n) is 15.2. The first-order valence-electron chi connectivity index (χ1n) is 8.56. The topological polar surface area (TPSA) is 75.3 Å². The molecule has 1 amide bonds. The molecule has 0 saturated carbocycles. The summed E-state index contributed by atoms with van der Waals surface area (Å²) in [5, 5.41) is 2.54. The van der Waals surface area contributed by atoms with E-state index in [1.165, 1.54) is 18.8 Å². The van der Waals surface area contributed by atoms with E-state index in [4.69, 9.17) is 0 Å². The maximum absolute atomic E-state index is 12.9. The summed E-state index contributed by atoms with van der Waals surface area (Å²) < 4.78 is 26.2. The van der Waals surface area contributed by atoms with Gasteiger partial charge in [0.15, 0.2) is 0 Å². The zero-order valence-corrected chi connectivity index (χ0v) is 17.6. The minimum atomic E-state index is -3.46. The fourth-order valence-corrected chi connectivity index (χ4v) is 5.70. The van der Waals surface area contributed by atoms with E-state index < -0.39 is 15.3 Å². The Morgan fingerprint density at radius 1 is 1.00 bits per heavy atom. The molecule has 0 fully saturated rings. The van der Waals surface area contributed by atoms with Gasteiger partial charge in [-0.1, -0.05) is 48.5 Å². The summed E-state index contributed by atoms with van der Waals surface area (Å²) in [5.41, 5.74) is 0.915. The summed E-state index contributed by atoms with van der Waals surface area (Å²) in [4.78, 5) is 14.7. The Labute approximate surface area is 173 Å². The summed E-state index contributed by atoms with van der Waals surface area (Å²) in [7, 11) is -2.09. The van der Waals surface area contributed by atoms with E-state index in [9.17, 15) is 13.2 Å². The van der Waals surface area contributed by atoms with Gasteiger partial charge < -0.3 is 5.32 Å². The molecule has 1 atom stereocenters. The van der Waals surface area contributed by atoms with Crippen molar-refractivity contribution in [3.63, 3.8) is 0 Å². The average Bonchev–Trinajstić information content (AvgIpc) is 3.22. The first-order chi connectivity index (χ1) is 13.5. The summed E-state index contributed by atoms with van der Waals surface area (Å²) in [6.07, 6.45) is 0. The molecule has 1 heterocycles. The standard InChI is InChI=1S/C20H20N2O3S3/c1-21-28(24,25)18-13-12-17(26-18)14-22-20(23)19(15-8-4-2-5-9-15)27-16-10-6-3-7-11-16/h2-13,19,21H,14H2,1H3,(H,22,23). The number of carbonyl (C=O) groups is 1. The minimum Gasteiger partial charge on any atom is -0.350 e. The number of hydrogen-bond acceptors (Lipinski definition) is 5. The number of benzene rings is 2. The Morgan fingerprint density at radius 3 is 2.29 bits per heavy atom. The molecule has 0 aliphatic heterocycles. The highest BCUT2D eigenvalue weighted by Gasteiger charge is 2.22. The van der Waals surface area contributed by atoms with E-state index in [1.807, 2.05) is 60.7 Å². The zero-order chi connectivity index (χ0) is 20.0. The van der Waals surface area contributed by atoms with Gasteiger partial charge in [0.05, 0.1) is 6.54 Å². The quantitative estimate of drug-likeness (QED) is 0.531. The van der Waals surface area contributed by atoms with Crippen LogP contribution in [0.5, 0.6) is 0 Å². The first kappa shape index (κ1) is 20.6. The van der Waals surface area contributed by atoms with Crippen LogP contribution < -0.4 is 10.0 Å². The number of sulfonamides is 1. The Morgan fingerprint density at radius 2 is 1.64 bits per heavy atom. The van der Waals surface area contributed by atoms with Crippen molar-refractivity contribution in [1.29, 1.82) is 0 Å². The van der Waals surface area contributed by atoms with Crippen LogP contribution in [0.2, 0.25) is 0 Å². The number of carbonyl (C=O) groups excluding carboxylic acids is 1. The third-order valence-electron chi connectivity index (χ3n) is 3.95. The van der Waals surface area contributed by atoms with Crippen molar-refractivity contribution in [2.45, 2.75) is 20.9 Å². The highest BCUT2D eigenvalue weighted by Crippen LogP contribution is 2.35. The first-order valence-corrected chi connectivity index (χ1v) is 11.7. The second-order valence-corrected chi connectivity index (χ2v) is 10.3. The average molecular weight is 433 g/mol. The minimum absolute atomic E-state index is 0.119. The van der Waals surface area contributed by atoms with Crippen LogP contribution in [0, 0.1) is 0 Å². The predicted molar refractivity (Wildman–Crippen MR) is 114 cm³/mol. The van der Waals surface area contributed by atoms with E-state index in [0.717, 1.165) is 26.7 Å². The summed E-state index contributed by atoms with van der Waals surface area (Å²) in [6, 6.07) is 22.6. The van der Waals surface area contributed by atoms with Gasteiger partial charge in [-0.15, -0.1) is 23.1 Å². The second-order valence-electron chi connectivity index (χ2n) is 5.87. The maximum atomic E-state index is 12.9. The van der Waals surface area contributed by atoms with Crippen LogP contribution in [0.4, 0.5) is 0 Å².